The maximum absolute atomic E-state index is 13.5. The summed E-state index contributed by atoms with van der Waals surface area (Å²) in [6, 6.07) is 7.53. The minimum Gasteiger partial charge on any atom is -0.273 e. The second kappa shape index (κ2) is 7.32. The van der Waals surface area contributed by atoms with Gasteiger partial charge in [-0.2, -0.15) is 0 Å². The molecule has 32 heavy (non-hydrogen) atoms. The maximum atomic E-state index is 13.5. The highest BCUT2D eigenvalue weighted by Gasteiger charge is 2.54. The molecule has 2 unspecified atom stereocenters. The van der Waals surface area contributed by atoms with Crippen LogP contribution in [-0.2, 0) is 9.59 Å². The number of para-hydroxylation sites is 1. The Kier molecular flexibility index (Phi) is 4.52. The first-order chi connectivity index (χ1) is 15.5. The maximum Gasteiger partial charge on any atom is 0.244 e. The monoisotopic (exact) mass is 430 g/mol. The zero-order chi connectivity index (χ0) is 21.9. The fourth-order valence-electron chi connectivity index (χ4n) is 7.17. The fourth-order valence-corrected chi connectivity index (χ4v) is 7.17. The fraction of sp³-hybridized carbons (Fsp3) is 0.500. The molecule has 6 nitrogen and oxygen atoms in total. The second-order valence-electron chi connectivity index (χ2n) is 10.5. The summed E-state index contributed by atoms with van der Waals surface area (Å²) in [7, 11) is 0. The molecule has 6 heteroatoms. The molecule has 0 aromatic heterocycles. The van der Waals surface area contributed by atoms with Gasteiger partial charge in [0.05, 0.1) is 23.1 Å². The van der Waals surface area contributed by atoms with Crippen LogP contribution in [0.2, 0.25) is 0 Å². The Bertz CT molecular complexity index is 1020. The molecule has 1 aromatic carbocycles. The van der Waals surface area contributed by atoms with Crippen molar-refractivity contribution in [3.63, 3.8) is 0 Å². The third kappa shape index (κ3) is 3.11. The van der Waals surface area contributed by atoms with Crippen LogP contribution >= 0.6 is 0 Å². The number of aliphatic imine (C=N–C) groups is 1. The molecule has 2 N–H and O–H groups in total. The number of nitrogens with zero attached hydrogens (tertiary/aromatic N) is 2. The number of benzene rings is 1. The smallest absolute Gasteiger partial charge is 0.244 e. The summed E-state index contributed by atoms with van der Waals surface area (Å²) in [6.07, 6.45) is 14.6. The summed E-state index contributed by atoms with van der Waals surface area (Å²) >= 11 is 0. The molecule has 2 atom stereocenters. The van der Waals surface area contributed by atoms with Gasteiger partial charge in [0.25, 0.3) is 0 Å². The number of hydrazine groups is 1. The molecule has 4 fully saturated rings. The Morgan fingerprint density at radius 1 is 1.03 bits per heavy atom. The van der Waals surface area contributed by atoms with Gasteiger partial charge in [0, 0.05) is 0 Å². The molecule has 1 heterocycles. The van der Waals surface area contributed by atoms with Crippen LogP contribution in [0, 0.1) is 36.0 Å². The summed E-state index contributed by atoms with van der Waals surface area (Å²) in [5, 5.41) is 0. The Morgan fingerprint density at radius 2 is 1.69 bits per heavy atom. The van der Waals surface area contributed by atoms with Crippen molar-refractivity contribution >= 4 is 23.5 Å². The lowest BCUT2D eigenvalue weighted by molar-refractivity contribution is -0.146. The van der Waals surface area contributed by atoms with Gasteiger partial charge in [0.2, 0.25) is 17.8 Å². The minimum absolute atomic E-state index is 0.0357. The Morgan fingerprint density at radius 3 is 2.38 bits per heavy atom. The van der Waals surface area contributed by atoms with Crippen LogP contribution in [0.15, 0.2) is 53.6 Å². The van der Waals surface area contributed by atoms with Crippen molar-refractivity contribution in [3.05, 3.63) is 54.1 Å². The van der Waals surface area contributed by atoms with E-state index in [0.717, 1.165) is 30.5 Å². The van der Waals surface area contributed by atoms with E-state index in [1.54, 1.807) is 4.90 Å². The molecule has 1 aliphatic heterocycles. The van der Waals surface area contributed by atoms with Crippen molar-refractivity contribution in [1.82, 2.24) is 10.9 Å². The number of guanidine groups is 1. The van der Waals surface area contributed by atoms with E-state index in [9.17, 15) is 9.59 Å². The third-order valence-electron chi connectivity index (χ3n) is 8.26. The Balaban J connectivity index is 1.27. The largest absolute Gasteiger partial charge is 0.273 e. The summed E-state index contributed by atoms with van der Waals surface area (Å²) in [6.45, 7) is 1.98. The van der Waals surface area contributed by atoms with Gasteiger partial charge in [-0.05, 0) is 74.8 Å². The molecule has 0 spiro atoms. The van der Waals surface area contributed by atoms with E-state index >= 15 is 0 Å². The van der Waals surface area contributed by atoms with E-state index in [4.69, 9.17) is 4.99 Å². The molecule has 2 amide bonds. The SMILES string of the molecule is Cc1ccccc1N1C(=O)C2C=CC=CC2N=C1NNC(=O)C12CC3CC(CC(C3)C1)C2. The van der Waals surface area contributed by atoms with Gasteiger partial charge in [-0.25, -0.2) is 9.89 Å². The first-order valence-electron chi connectivity index (χ1n) is 11.9. The van der Waals surface area contributed by atoms with Gasteiger partial charge >= 0.3 is 0 Å². The molecule has 0 radical (unpaired) electrons. The number of anilines is 1. The van der Waals surface area contributed by atoms with Crippen LogP contribution in [-0.4, -0.2) is 23.8 Å². The zero-order valence-electron chi connectivity index (χ0n) is 18.5. The highest BCUT2D eigenvalue weighted by atomic mass is 16.2. The number of rotatable bonds is 2. The number of carbonyl (C=O) groups excluding carboxylic acids is 2. The van der Waals surface area contributed by atoms with Gasteiger partial charge in [0.1, 0.15) is 0 Å². The topological polar surface area (TPSA) is 73.8 Å². The number of carbonyl (C=O) groups is 2. The molecule has 1 aromatic rings. The summed E-state index contributed by atoms with van der Waals surface area (Å²) < 4.78 is 0. The predicted octanol–water partition coefficient (Wildman–Crippen LogP) is 3.65. The molecule has 4 saturated carbocycles. The molecule has 7 rings (SSSR count). The lowest BCUT2D eigenvalue weighted by Crippen LogP contribution is -2.61. The average molecular weight is 431 g/mol. The van der Waals surface area contributed by atoms with Crippen molar-refractivity contribution < 1.29 is 9.59 Å². The number of aryl methyl sites for hydroxylation is 1. The molecule has 4 bridgehead atoms. The lowest BCUT2D eigenvalue weighted by atomic mass is 9.49. The van der Waals surface area contributed by atoms with E-state index < -0.39 is 0 Å². The van der Waals surface area contributed by atoms with Crippen molar-refractivity contribution in [2.45, 2.75) is 51.5 Å². The number of amides is 2. The summed E-state index contributed by atoms with van der Waals surface area (Å²) in [4.78, 5) is 33.4. The zero-order valence-corrected chi connectivity index (χ0v) is 18.5. The van der Waals surface area contributed by atoms with Gasteiger partial charge in [-0.15, -0.1) is 0 Å². The van der Waals surface area contributed by atoms with Gasteiger partial charge in [-0.1, -0.05) is 42.5 Å². The van der Waals surface area contributed by atoms with Crippen LogP contribution in [0.3, 0.4) is 0 Å². The first kappa shape index (κ1) is 19.8. The quantitative estimate of drug-likeness (QED) is 0.704. The molecular formula is C26H30N4O2. The van der Waals surface area contributed by atoms with E-state index in [2.05, 4.69) is 10.9 Å². The Hall–Kier alpha value is -2.89. The van der Waals surface area contributed by atoms with E-state index in [1.807, 2.05) is 55.5 Å². The highest BCUT2D eigenvalue weighted by Crippen LogP contribution is 2.60. The molecule has 166 valence electrons. The van der Waals surface area contributed by atoms with Gasteiger partial charge in [-0.3, -0.25) is 20.4 Å². The standard InChI is InChI=1S/C26H30N4O2/c1-16-6-2-5-9-22(16)30-23(31)20-7-3-4-8-21(20)27-25(30)29-28-24(32)26-13-17-10-18(14-26)12-19(11-17)15-26/h2-9,17-21H,10-15H2,1H3,(H,27,29)(H,28,32). The van der Waals surface area contributed by atoms with Crippen molar-refractivity contribution in [1.29, 1.82) is 0 Å². The minimum atomic E-state index is -0.330. The number of fused-ring (bicyclic) bond motifs is 1. The second-order valence-corrected chi connectivity index (χ2v) is 10.5. The molecule has 6 aliphatic rings. The lowest BCUT2D eigenvalue weighted by Gasteiger charge is -2.55. The highest BCUT2D eigenvalue weighted by molar-refractivity contribution is 6.19. The van der Waals surface area contributed by atoms with E-state index in [1.165, 1.54) is 19.3 Å². The van der Waals surface area contributed by atoms with Crippen LogP contribution in [0.25, 0.3) is 0 Å². The number of hydrogen-bond donors (Lipinski definition) is 2. The van der Waals surface area contributed by atoms with Crippen LogP contribution in [0.1, 0.15) is 44.1 Å². The van der Waals surface area contributed by atoms with E-state index in [-0.39, 0.29) is 29.2 Å². The van der Waals surface area contributed by atoms with Gasteiger partial charge in [0.15, 0.2) is 0 Å². The van der Waals surface area contributed by atoms with Crippen LogP contribution < -0.4 is 15.8 Å². The first-order valence-corrected chi connectivity index (χ1v) is 11.9. The molecule has 5 aliphatic carbocycles. The third-order valence-corrected chi connectivity index (χ3v) is 8.26. The van der Waals surface area contributed by atoms with Crippen molar-refractivity contribution in [3.8, 4) is 0 Å². The number of allylic oxidation sites excluding steroid dienone is 2. The Labute approximate surface area is 188 Å². The normalized spacial score (nSPS) is 36.7. The summed E-state index contributed by atoms with van der Waals surface area (Å²) in [5.74, 6) is 2.19. The molecule has 0 saturated heterocycles. The van der Waals surface area contributed by atoms with Crippen LogP contribution in [0.5, 0.6) is 0 Å². The van der Waals surface area contributed by atoms with Crippen LogP contribution in [0.4, 0.5) is 5.69 Å². The molecular weight excluding hydrogens is 400 g/mol. The van der Waals surface area contributed by atoms with Crippen molar-refractivity contribution in [2.24, 2.45) is 34.1 Å². The number of nitrogens with one attached hydrogen (secondary N) is 2. The summed E-state index contributed by atoms with van der Waals surface area (Å²) in [5.41, 5.74) is 7.58. The average Bonchev–Trinajstić information content (AvgIpc) is 2.77. The van der Waals surface area contributed by atoms with Gasteiger partial charge < -0.3 is 0 Å². The predicted molar refractivity (Wildman–Crippen MR) is 124 cm³/mol. The number of hydrogen-bond acceptors (Lipinski definition) is 4. The van der Waals surface area contributed by atoms with Crippen molar-refractivity contribution in [2.75, 3.05) is 4.90 Å². The van der Waals surface area contributed by atoms with E-state index in [0.29, 0.717) is 23.7 Å².